The van der Waals surface area contributed by atoms with Crippen molar-refractivity contribution in [3.05, 3.63) is 65.9 Å². The first-order valence-corrected chi connectivity index (χ1v) is 8.18. The van der Waals surface area contributed by atoms with Crippen molar-refractivity contribution < 1.29 is 28.6 Å². The minimum Gasteiger partial charge on any atom is -0.495 e. The van der Waals surface area contributed by atoms with Crippen LogP contribution in [0.15, 0.2) is 60.3 Å². The van der Waals surface area contributed by atoms with Crippen LogP contribution in [0.4, 0.5) is 11.4 Å². The Bertz CT molecular complexity index is 893. The highest BCUT2D eigenvalue weighted by Crippen LogP contribution is 2.29. The van der Waals surface area contributed by atoms with Crippen molar-refractivity contribution in [1.29, 1.82) is 0 Å². The van der Waals surface area contributed by atoms with E-state index < -0.39 is 11.9 Å². The van der Waals surface area contributed by atoms with Crippen LogP contribution in [0.3, 0.4) is 0 Å². The summed E-state index contributed by atoms with van der Waals surface area (Å²) < 4.78 is 14.5. The molecule has 0 unspecified atom stereocenters. The number of carbonyl (C=O) groups excluding carboxylic acids is 3. The van der Waals surface area contributed by atoms with Crippen LogP contribution in [-0.2, 0) is 19.1 Å². The van der Waals surface area contributed by atoms with E-state index in [1.54, 1.807) is 42.5 Å². The molecular formula is C20H20N2O6. The highest BCUT2D eigenvalue weighted by molar-refractivity contribution is 6.05. The fourth-order valence-electron chi connectivity index (χ4n) is 2.26. The predicted octanol–water partition coefficient (Wildman–Crippen LogP) is 2.59. The van der Waals surface area contributed by atoms with E-state index in [1.165, 1.54) is 21.3 Å². The number of anilines is 2. The molecule has 0 aromatic heterocycles. The van der Waals surface area contributed by atoms with Gasteiger partial charge in [0.05, 0.1) is 33.1 Å². The van der Waals surface area contributed by atoms with Gasteiger partial charge in [0.25, 0.3) is 5.91 Å². The Hall–Kier alpha value is -3.81. The van der Waals surface area contributed by atoms with Gasteiger partial charge in [0.1, 0.15) is 11.4 Å². The molecule has 0 bridgehead atoms. The van der Waals surface area contributed by atoms with Crippen LogP contribution in [-0.4, -0.2) is 39.2 Å². The van der Waals surface area contributed by atoms with Gasteiger partial charge < -0.3 is 24.8 Å². The highest BCUT2D eigenvalue weighted by Gasteiger charge is 2.15. The molecule has 0 spiro atoms. The molecule has 28 heavy (non-hydrogen) atoms. The molecule has 0 saturated heterocycles. The van der Waals surface area contributed by atoms with Gasteiger partial charge in [0, 0.05) is 11.3 Å². The van der Waals surface area contributed by atoms with Crippen molar-refractivity contribution in [2.75, 3.05) is 32.0 Å². The van der Waals surface area contributed by atoms with Crippen LogP contribution in [0.1, 0.15) is 10.4 Å². The largest absolute Gasteiger partial charge is 0.495 e. The third kappa shape index (κ3) is 5.34. The Balaban J connectivity index is 2.30. The van der Waals surface area contributed by atoms with E-state index in [0.29, 0.717) is 22.7 Å². The van der Waals surface area contributed by atoms with E-state index in [2.05, 4.69) is 20.1 Å². The van der Waals surface area contributed by atoms with Gasteiger partial charge in [-0.2, -0.15) is 0 Å². The lowest BCUT2D eigenvalue weighted by atomic mass is 10.2. The van der Waals surface area contributed by atoms with Crippen LogP contribution < -0.4 is 15.4 Å². The number of rotatable bonds is 7. The smallest absolute Gasteiger partial charge is 0.354 e. The topological polar surface area (TPSA) is 103 Å². The maximum Gasteiger partial charge on any atom is 0.354 e. The maximum absolute atomic E-state index is 12.4. The lowest BCUT2D eigenvalue weighted by molar-refractivity contribution is -0.138. The average molecular weight is 384 g/mol. The third-order valence-corrected chi connectivity index (χ3v) is 3.63. The minimum atomic E-state index is -0.754. The van der Waals surface area contributed by atoms with Crippen LogP contribution >= 0.6 is 0 Å². The van der Waals surface area contributed by atoms with Gasteiger partial charge in [0.2, 0.25) is 0 Å². The molecule has 0 atom stereocenters. The Morgan fingerprint density at radius 3 is 2.21 bits per heavy atom. The number of hydrogen-bond acceptors (Lipinski definition) is 7. The van der Waals surface area contributed by atoms with E-state index in [4.69, 9.17) is 4.74 Å². The van der Waals surface area contributed by atoms with Crippen LogP contribution in [0, 0.1) is 0 Å². The Kier molecular flexibility index (Phi) is 7.15. The number of carbonyl (C=O) groups is 3. The molecule has 0 saturated carbocycles. The molecule has 0 aliphatic heterocycles. The zero-order valence-electron chi connectivity index (χ0n) is 15.6. The number of methoxy groups -OCH3 is 3. The van der Waals surface area contributed by atoms with E-state index in [9.17, 15) is 14.4 Å². The van der Waals surface area contributed by atoms with Crippen molar-refractivity contribution in [2.45, 2.75) is 0 Å². The Morgan fingerprint density at radius 1 is 0.893 bits per heavy atom. The molecule has 2 N–H and O–H groups in total. The number of hydrogen-bond donors (Lipinski definition) is 2. The van der Waals surface area contributed by atoms with Crippen LogP contribution in [0.2, 0.25) is 0 Å². The fraction of sp³-hybridized carbons (Fsp3) is 0.150. The van der Waals surface area contributed by atoms with E-state index in [1.807, 2.05) is 6.07 Å². The third-order valence-electron chi connectivity index (χ3n) is 3.63. The summed E-state index contributed by atoms with van der Waals surface area (Å²) in [6.45, 7) is 0. The molecule has 8 heteroatoms. The maximum atomic E-state index is 12.4. The summed E-state index contributed by atoms with van der Waals surface area (Å²) in [5, 5.41) is 5.53. The lowest BCUT2D eigenvalue weighted by Gasteiger charge is -2.14. The van der Waals surface area contributed by atoms with Crippen molar-refractivity contribution in [3.8, 4) is 5.75 Å². The second-order valence-corrected chi connectivity index (χ2v) is 5.43. The number of amides is 1. The van der Waals surface area contributed by atoms with Gasteiger partial charge in [-0.05, 0) is 30.3 Å². The van der Waals surface area contributed by atoms with Gasteiger partial charge in [-0.25, -0.2) is 9.59 Å². The highest BCUT2D eigenvalue weighted by atomic mass is 16.5. The minimum absolute atomic E-state index is 0.125. The van der Waals surface area contributed by atoms with E-state index >= 15 is 0 Å². The standard InChI is InChI=1S/C20H20N2O6/c1-26-17-10-9-14(21-16(20(25)28-3)12-18(23)27-2)11-15(17)22-19(24)13-7-5-4-6-8-13/h4-12,21H,1-3H3,(H,22,24)/b16-12+. The van der Waals surface area contributed by atoms with Crippen LogP contribution in [0.25, 0.3) is 0 Å². The molecule has 2 aromatic rings. The Labute approximate surface area is 162 Å². The van der Waals surface area contributed by atoms with Gasteiger partial charge in [-0.3, -0.25) is 4.79 Å². The molecular weight excluding hydrogens is 364 g/mol. The molecule has 0 radical (unpaired) electrons. The summed E-state index contributed by atoms with van der Waals surface area (Å²) in [6.07, 6.45) is 0.971. The quantitative estimate of drug-likeness (QED) is 0.559. The van der Waals surface area contributed by atoms with Gasteiger partial charge >= 0.3 is 11.9 Å². The molecule has 2 aromatic carbocycles. The molecule has 0 aliphatic carbocycles. The van der Waals surface area contributed by atoms with Gasteiger partial charge in [0.15, 0.2) is 0 Å². The summed E-state index contributed by atoms with van der Waals surface area (Å²) in [6, 6.07) is 13.5. The van der Waals surface area contributed by atoms with Crippen molar-refractivity contribution in [2.24, 2.45) is 0 Å². The first kappa shape index (κ1) is 20.5. The SMILES string of the molecule is COC(=O)/C=C(/Nc1ccc(OC)c(NC(=O)c2ccccc2)c1)C(=O)OC. The van der Waals surface area contributed by atoms with Crippen LogP contribution in [0.5, 0.6) is 5.75 Å². The molecule has 8 nitrogen and oxygen atoms in total. The molecule has 2 rings (SSSR count). The van der Waals surface area contributed by atoms with Crippen molar-refractivity contribution in [3.63, 3.8) is 0 Å². The Morgan fingerprint density at radius 2 is 1.61 bits per heavy atom. The van der Waals surface area contributed by atoms with Crippen molar-refractivity contribution >= 4 is 29.2 Å². The zero-order chi connectivity index (χ0) is 20.5. The lowest BCUT2D eigenvalue weighted by Crippen LogP contribution is -2.16. The molecule has 1 amide bonds. The first-order valence-electron chi connectivity index (χ1n) is 8.18. The molecule has 0 aliphatic rings. The van der Waals surface area contributed by atoms with E-state index in [0.717, 1.165) is 6.08 Å². The summed E-state index contributed by atoms with van der Waals surface area (Å²) in [4.78, 5) is 35.8. The number of esters is 2. The first-order chi connectivity index (χ1) is 13.5. The fourth-order valence-corrected chi connectivity index (χ4v) is 2.26. The number of nitrogens with one attached hydrogen (secondary N) is 2. The van der Waals surface area contributed by atoms with Gasteiger partial charge in [-0.15, -0.1) is 0 Å². The number of benzene rings is 2. The molecule has 146 valence electrons. The summed E-state index contributed by atoms with van der Waals surface area (Å²) in [5.74, 6) is -1.38. The second kappa shape index (κ2) is 9.77. The number of ether oxygens (including phenoxy) is 3. The predicted molar refractivity (Wildman–Crippen MR) is 103 cm³/mol. The van der Waals surface area contributed by atoms with Gasteiger partial charge in [-0.1, -0.05) is 18.2 Å². The summed E-state index contributed by atoms with van der Waals surface area (Å²) >= 11 is 0. The summed E-state index contributed by atoms with van der Waals surface area (Å²) in [5.41, 5.74) is 1.15. The summed E-state index contributed by atoms with van der Waals surface area (Å²) in [7, 11) is 3.85. The van der Waals surface area contributed by atoms with Crippen molar-refractivity contribution in [1.82, 2.24) is 0 Å². The normalized spacial score (nSPS) is 10.6. The molecule has 0 heterocycles. The molecule has 0 fully saturated rings. The monoisotopic (exact) mass is 384 g/mol. The second-order valence-electron chi connectivity index (χ2n) is 5.43. The zero-order valence-corrected chi connectivity index (χ0v) is 15.6. The average Bonchev–Trinajstić information content (AvgIpc) is 2.73. The van der Waals surface area contributed by atoms with E-state index in [-0.39, 0.29) is 11.6 Å².